The van der Waals surface area contributed by atoms with E-state index in [4.69, 9.17) is 4.42 Å². The molecular formula is C60H38N2O. The number of hydrogen-bond acceptors (Lipinski definition) is 1. The molecule has 0 N–H and O–H groups in total. The highest BCUT2D eigenvalue weighted by atomic mass is 16.3. The summed E-state index contributed by atoms with van der Waals surface area (Å²) in [6.07, 6.45) is 0. The van der Waals surface area contributed by atoms with E-state index in [9.17, 15) is 0 Å². The first-order valence-electron chi connectivity index (χ1n) is 21.6. The molecular weight excluding hydrogens is 765 g/mol. The molecule has 0 aliphatic rings. The van der Waals surface area contributed by atoms with E-state index in [1.54, 1.807) is 0 Å². The van der Waals surface area contributed by atoms with Crippen molar-refractivity contribution in [2.24, 2.45) is 0 Å². The molecule has 0 aliphatic heterocycles. The highest BCUT2D eigenvalue weighted by Gasteiger charge is 2.22. The third-order valence-electron chi connectivity index (χ3n) is 12.9. The third kappa shape index (κ3) is 5.53. The van der Waals surface area contributed by atoms with Crippen molar-refractivity contribution in [1.29, 1.82) is 0 Å². The van der Waals surface area contributed by atoms with Crippen molar-refractivity contribution >= 4 is 65.6 Å². The summed E-state index contributed by atoms with van der Waals surface area (Å²) in [5.74, 6) is 0. The van der Waals surface area contributed by atoms with Gasteiger partial charge >= 0.3 is 0 Å². The van der Waals surface area contributed by atoms with Crippen LogP contribution < -0.4 is 0 Å². The lowest BCUT2D eigenvalue weighted by Crippen LogP contribution is -1.96. The van der Waals surface area contributed by atoms with Crippen LogP contribution in [0.2, 0.25) is 0 Å². The first kappa shape index (κ1) is 35.4. The van der Waals surface area contributed by atoms with E-state index in [2.05, 4.69) is 240 Å². The van der Waals surface area contributed by atoms with Gasteiger partial charge in [0.25, 0.3) is 0 Å². The molecule has 13 aromatic rings. The highest BCUT2D eigenvalue weighted by Crippen LogP contribution is 2.45. The second-order valence-electron chi connectivity index (χ2n) is 16.4. The van der Waals surface area contributed by atoms with Crippen LogP contribution in [0.4, 0.5) is 0 Å². The fraction of sp³-hybridized carbons (Fsp3) is 0. The molecule has 3 aromatic heterocycles. The average molecular weight is 803 g/mol. The van der Waals surface area contributed by atoms with Gasteiger partial charge in [0, 0.05) is 38.0 Å². The Balaban J connectivity index is 0.983. The predicted molar refractivity (Wildman–Crippen MR) is 264 cm³/mol. The maximum atomic E-state index is 6.92. The Bertz CT molecular complexity index is 3900. The van der Waals surface area contributed by atoms with Crippen LogP contribution in [-0.4, -0.2) is 9.13 Å². The third-order valence-corrected chi connectivity index (χ3v) is 12.9. The maximum Gasteiger partial charge on any atom is 0.160 e. The highest BCUT2D eigenvalue weighted by molar-refractivity contribution is 6.18. The molecule has 63 heavy (non-hydrogen) atoms. The summed E-state index contributed by atoms with van der Waals surface area (Å²) < 4.78 is 11.7. The lowest BCUT2D eigenvalue weighted by molar-refractivity contribution is 0.666. The molecule has 3 heteroatoms. The number of fused-ring (bicyclic) bond motifs is 9. The van der Waals surface area contributed by atoms with E-state index in [-0.39, 0.29) is 0 Å². The van der Waals surface area contributed by atoms with Gasteiger partial charge in [-0.05, 0) is 105 Å². The van der Waals surface area contributed by atoms with E-state index >= 15 is 0 Å². The van der Waals surface area contributed by atoms with E-state index in [0.717, 1.165) is 49.9 Å². The van der Waals surface area contributed by atoms with Gasteiger partial charge < -0.3 is 13.6 Å². The lowest BCUT2D eigenvalue weighted by Gasteiger charge is -2.14. The van der Waals surface area contributed by atoms with Crippen LogP contribution >= 0.6 is 0 Å². The van der Waals surface area contributed by atoms with Crippen LogP contribution in [0.1, 0.15) is 0 Å². The molecule has 0 radical (unpaired) electrons. The molecule has 10 aromatic carbocycles. The minimum atomic E-state index is 0.874. The first-order valence-corrected chi connectivity index (χ1v) is 21.6. The Morgan fingerprint density at radius 2 is 0.810 bits per heavy atom. The minimum Gasteiger partial charge on any atom is -0.454 e. The number of rotatable bonds is 6. The topological polar surface area (TPSA) is 23.0 Å². The summed E-state index contributed by atoms with van der Waals surface area (Å²) in [6.45, 7) is 0. The minimum absolute atomic E-state index is 0.874. The molecule has 3 heterocycles. The number of hydrogen-bond donors (Lipinski definition) is 0. The molecule has 0 fully saturated rings. The van der Waals surface area contributed by atoms with E-state index in [1.165, 1.54) is 71.5 Å². The van der Waals surface area contributed by atoms with Gasteiger partial charge in [-0.25, -0.2) is 0 Å². The summed E-state index contributed by atoms with van der Waals surface area (Å²) >= 11 is 0. The van der Waals surface area contributed by atoms with Crippen molar-refractivity contribution in [1.82, 2.24) is 9.13 Å². The molecule has 0 unspecified atom stereocenters. The largest absolute Gasteiger partial charge is 0.454 e. The van der Waals surface area contributed by atoms with Crippen LogP contribution in [0, 0.1) is 0 Å². The molecule has 13 rings (SSSR count). The Labute approximate surface area is 363 Å². The maximum absolute atomic E-state index is 6.92. The van der Waals surface area contributed by atoms with Crippen molar-refractivity contribution in [2.75, 3.05) is 0 Å². The Kier molecular flexibility index (Phi) is 7.91. The lowest BCUT2D eigenvalue weighted by atomic mass is 9.91. The monoisotopic (exact) mass is 802 g/mol. The van der Waals surface area contributed by atoms with Crippen molar-refractivity contribution in [2.45, 2.75) is 0 Å². The summed E-state index contributed by atoms with van der Waals surface area (Å²) in [4.78, 5) is 0. The molecule has 3 nitrogen and oxygen atoms in total. The number of aromatic nitrogens is 2. The predicted octanol–water partition coefficient (Wildman–Crippen LogP) is 16.4. The first-order chi connectivity index (χ1) is 31.3. The molecule has 0 spiro atoms. The standard InChI is InChI=1S/C60H38N2O/c1-3-16-39(17-4-1)41-20-15-21-44(36-41)61-53-27-12-9-24-47(53)51-37-42(30-33-55(51)61)43-31-34-56-52(38-43)48-25-10-13-28-54(48)62(56)57-35-32-49(59-50-26-11-14-29-58(50)63-60(57)59)46-23-8-7-22-45(46)40-18-5-2-6-19-40/h1-38H. The second kappa shape index (κ2) is 14.1. The zero-order valence-corrected chi connectivity index (χ0v) is 34.2. The summed E-state index contributed by atoms with van der Waals surface area (Å²) in [6, 6.07) is 83.3. The molecule has 294 valence electrons. The summed E-state index contributed by atoms with van der Waals surface area (Å²) in [5, 5.41) is 7.10. The van der Waals surface area contributed by atoms with Crippen molar-refractivity contribution in [3.05, 3.63) is 231 Å². The van der Waals surface area contributed by atoms with Gasteiger partial charge in [-0.3, -0.25) is 0 Å². The Morgan fingerprint density at radius 3 is 1.52 bits per heavy atom. The number of benzene rings is 10. The number of furan rings is 1. The number of nitrogens with zero attached hydrogens (tertiary/aromatic N) is 2. The van der Waals surface area contributed by atoms with Crippen molar-refractivity contribution < 1.29 is 4.42 Å². The van der Waals surface area contributed by atoms with Gasteiger partial charge in [0.1, 0.15) is 5.58 Å². The van der Waals surface area contributed by atoms with Gasteiger partial charge in [-0.15, -0.1) is 0 Å². The fourth-order valence-corrected chi connectivity index (χ4v) is 10.1. The SMILES string of the molecule is c1ccc(-c2cccc(-n3c4ccccc4c4cc(-c5ccc6c(c5)c5ccccc5n6-c5ccc(-c6ccccc6-c6ccccc6)c6c5oc5ccccc56)ccc43)c2)cc1. The molecule has 0 saturated carbocycles. The van der Waals surface area contributed by atoms with E-state index in [0.29, 0.717) is 0 Å². The van der Waals surface area contributed by atoms with Crippen LogP contribution in [-0.2, 0) is 0 Å². The zero-order valence-electron chi connectivity index (χ0n) is 34.2. The smallest absolute Gasteiger partial charge is 0.160 e. The van der Waals surface area contributed by atoms with Gasteiger partial charge in [-0.2, -0.15) is 0 Å². The van der Waals surface area contributed by atoms with Crippen LogP contribution in [0.15, 0.2) is 235 Å². The van der Waals surface area contributed by atoms with Gasteiger partial charge in [0.2, 0.25) is 0 Å². The summed E-state index contributed by atoms with van der Waals surface area (Å²) in [7, 11) is 0. The summed E-state index contributed by atoms with van der Waals surface area (Å²) in [5.41, 5.74) is 18.1. The second-order valence-corrected chi connectivity index (χ2v) is 16.4. The van der Waals surface area contributed by atoms with Crippen LogP contribution in [0.3, 0.4) is 0 Å². The Hall–Kier alpha value is -8.40. The van der Waals surface area contributed by atoms with Crippen molar-refractivity contribution in [3.63, 3.8) is 0 Å². The average Bonchev–Trinajstić information content (AvgIpc) is 4.02. The molecule has 0 amide bonds. The molecule has 0 aliphatic carbocycles. The number of para-hydroxylation sites is 3. The zero-order chi connectivity index (χ0) is 41.4. The van der Waals surface area contributed by atoms with Gasteiger partial charge in [0.05, 0.1) is 27.8 Å². The molecule has 0 saturated heterocycles. The van der Waals surface area contributed by atoms with Crippen LogP contribution in [0.25, 0.3) is 121 Å². The van der Waals surface area contributed by atoms with Gasteiger partial charge in [0.15, 0.2) is 5.58 Å². The molecule has 0 bridgehead atoms. The van der Waals surface area contributed by atoms with E-state index < -0.39 is 0 Å². The fourth-order valence-electron chi connectivity index (χ4n) is 10.1. The quantitative estimate of drug-likeness (QED) is 0.164. The molecule has 0 atom stereocenters. The van der Waals surface area contributed by atoms with Crippen LogP contribution in [0.5, 0.6) is 0 Å². The van der Waals surface area contributed by atoms with E-state index in [1.807, 2.05) is 0 Å². The van der Waals surface area contributed by atoms with Crippen molar-refractivity contribution in [3.8, 4) is 55.9 Å². The van der Waals surface area contributed by atoms with Gasteiger partial charge in [-0.1, -0.05) is 170 Å². The Morgan fingerprint density at radius 1 is 0.286 bits per heavy atom. The normalized spacial score (nSPS) is 11.8.